The van der Waals surface area contributed by atoms with Gasteiger partial charge >= 0.3 is 5.97 Å². The van der Waals surface area contributed by atoms with Crippen molar-refractivity contribution in [2.75, 3.05) is 11.1 Å². The fourth-order valence-electron chi connectivity index (χ4n) is 2.70. The average Bonchev–Trinajstić information content (AvgIpc) is 2.86. The van der Waals surface area contributed by atoms with Gasteiger partial charge < -0.3 is 16.2 Å². The summed E-state index contributed by atoms with van der Waals surface area (Å²) < 4.78 is 13.6. The Labute approximate surface area is 111 Å². The van der Waals surface area contributed by atoms with Gasteiger partial charge in [-0.3, -0.25) is 0 Å². The summed E-state index contributed by atoms with van der Waals surface area (Å²) in [6.45, 7) is 2.05. The molecule has 1 aliphatic rings. The molecule has 1 aliphatic carbocycles. The van der Waals surface area contributed by atoms with E-state index in [0.717, 1.165) is 0 Å². The molecule has 0 aromatic heterocycles. The van der Waals surface area contributed by atoms with Crippen LogP contribution in [-0.2, 0) is 0 Å². The highest BCUT2D eigenvalue weighted by atomic mass is 19.1. The van der Waals surface area contributed by atoms with Crippen LogP contribution in [0.15, 0.2) is 12.1 Å². The zero-order chi connectivity index (χ0) is 14.0. The molecule has 0 heterocycles. The fourth-order valence-corrected chi connectivity index (χ4v) is 2.70. The van der Waals surface area contributed by atoms with Crippen LogP contribution in [-0.4, -0.2) is 17.1 Å². The molecule has 0 radical (unpaired) electrons. The van der Waals surface area contributed by atoms with Crippen LogP contribution >= 0.6 is 0 Å². The molecule has 104 valence electrons. The van der Waals surface area contributed by atoms with Crippen LogP contribution in [0.1, 0.15) is 43.0 Å². The highest BCUT2D eigenvalue weighted by Crippen LogP contribution is 2.31. The quantitative estimate of drug-likeness (QED) is 0.732. The molecule has 1 saturated carbocycles. The summed E-state index contributed by atoms with van der Waals surface area (Å²) in [6, 6.07) is 2.55. The van der Waals surface area contributed by atoms with Crippen molar-refractivity contribution < 1.29 is 14.3 Å². The van der Waals surface area contributed by atoms with E-state index in [2.05, 4.69) is 12.2 Å². The number of carbonyl (C=O) groups is 1. The third-order valence-corrected chi connectivity index (χ3v) is 3.86. The van der Waals surface area contributed by atoms with Crippen LogP contribution in [0.3, 0.4) is 0 Å². The largest absolute Gasteiger partial charge is 0.478 e. The van der Waals surface area contributed by atoms with E-state index in [-0.39, 0.29) is 11.7 Å². The molecule has 2 rings (SSSR count). The van der Waals surface area contributed by atoms with E-state index in [4.69, 9.17) is 10.8 Å². The van der Waals surface area contributed by atoms with Crippen molar-refractivity contribution in [1.29, 1.82) is 0 Å². The molecular weight excluding hydrogens is 247 g/mol. The molecule has 4 N–H and O–H groups in total. The molecule has 0 spiro atoms. The molecule has 5 heteroatoms. The molecule has 4 nitrogen and oxygen atoms in total. The highest BCUT2D eigenvalue weighted by molar-refractivity contribution is 5.90. The van der Waals surface area contributed by atoms with Crippen molar-refractivity contribution in [3.8, 4) is 0 Å². The van der Waals surface area contributed by atoms with Gasteiger partial charge in [-0.1, -0.05) is 12.8 Å². The summed E-state index contributed by atoms with van der Waals surface area (Å²) >= 11 is 0. The number of nitrogens with one attached hydrogen (secondary N) is 1. The first-order valence-corrected chi connectivity index (χ1v) is 6.58. The second-order valence-electron chi connectivity index (χ2n) is 5.20. The van der Waals surface area contributed by atoms with Crippen molar-refractivity contribution in [2.45, 2.75) is 38.6 Å². The lowest BCUT2D eigenvalue weighted by Gasteiger charge is -2.22. The molecule has 0 amide bonds. The van der Waals surface area contributed by atoms with Crippen molar-refractivity contribution in [1.82, 2.24) is 0 Å². The van der Waals surface area contributed by atoms with E-state index < -0.39 is 17.3 Å². The number of anilines is 2. The Balaban J connectivity index is 2.16. The van der Waals surface area contributed by atoms with E-state index in [9.17, 15) is 9.18 Å². The lowest BCUT2D eigenvalue weighted by molar-refractivity contribution is 0.0692. The second kappa shape index (κ2) is 5.47. The SMILES string of the molecule is CC(Nc1cc(F)c(C(=O)O)cc1N)C1CCCC1. The number of rotatable bonds is 4. The van der Waals surface area contributed by atoms with Crippen LogP contribution in [0.2, 0.25) is 0 Å². The van der Waals surface area contributed by atoms with Gasteiger partial charge in [0.15, 0.2) is 0 Å². The van der Waals surface area contributed by atoms with Crippen molar-refractivity contribution in [3.63, 3.8) is 0 Å². The molecule has 1 fully saturated rings. The van der Waals surface area contributed by atoms with Gasteiger partial charge in [0, 0.05) is 6.04 Å². The first-order chi connectivity index (χ1) is 8.99. The topological polar surface area (TPSA) is 75.3 Å². The number of carboxylic acid groups (broad SMARTS) is 1. The van der Waals surface area contributed by atoms with Gasteiger partial charge in [0.05, 0.1) is 16.9 Å². The molecule has 19 heavy (non-hydrogen) atoms. The summed E-state index contributed by atoms with van der Waals surface area (Å²) in [7, 11) is 0. The normalized spacial score (nSPS) is 17.4. The Bertz CT molecular complexity index is 485. The maximum atomic E-state index is 13.6. The number of hydrogen-bond acceptors (Lipinski definition) is 3. The zero-order valence-electron chi connectivity index (χ0n) is 10.9. The Kier molecular flexibility index (Phi) is 3.93. The zero-order valence-corrected chi connectivity index (χ0v) is 10.9. The predicted octanol–water partition coefficient (Wildman–Crippen LogP) is 3.10. The first-order valence-electron chi connectivity index (χ1n) is 6.58. The maximum Gasteiger partial charge on any atom is 0.338 e. The number of aromatic carboxylic acids is 1. The fraction of sp³-hybridized carbons (Fsp3) is 0.500. The first kappa shape index (κ1) is 13.6. The number of carboxylic acids is 1. The van der Waals surface area contributed by atoms with Gasteiger partial charge in [0.1, 0.15) is 5.82 Å². The van der Waals surface area contributed by atoms with Crippen molar-refractivity contribution in [3.05, 3.63) is 23.5 Å². The van der Waals surface area contributed by atoms with Crippen molar-refractivity contribution in [2.24, 2.45) is 5.92 Å². The standard InChI is InChI=1S/C14H19FN2O2/c1-8(9-4-2-3-5-9)17-13-7-11(15)10(14(18)19)6-12(13)16/h6-9,17H,2-5,16H2,1H3,(H,18,19). The number of nitrogen functional groups attached to an aromatic ring is 1. The Morgan fingerprint density at radius 3 is 2.68 bits per heavy atom. The van der Waals surface area contributed by atoms with Crippen molar-refractivity contribution >= 4 is 17.3 Å². The minimum absolute atomic E-state index is 0.208. The molecule has 1 aromatic rings. The lowest BCUT2D eigenvalue weighted by atomic mass is 9.99. The van der Waals surface area contributed by atoms with E-state index in [1.807, 2.05) is 0 Å². The summed E-state index contributed by atoms with van der Waals surface area (Å²) in [5.41, 5.74) is 6.13. The number of benzene rings is 1. The molecule has 1 aromatic carbocycles. The number of nitrogens with two attached hydrogens (primary N) is 1. The monoisotopic (exact) mass is 266 g/mol. The third kappa shape index (κ3) is 2.97. The third-order valence-electron chi connectivity index (χ3n) is 3.86. The Hall–Kier alpha value is -1.78. The summed E-state index contributed by atoms with van der Waals surface area (Å²) in [5.74, 6) is -1.50. The number of halogens is 1. The van der Waals surface area contributed by atoms with Gasteiger partial charge in [0.2, 0.25) is 0 Å². The van der Waals surface area contributed by atoms with Crippen LogP contribution in [0.25, 0.3) is 0 Å². The maximum absolute atomic E-state index is 13.6. The van der Waals surface area contributed by atoms with Gasteiger partial charge in [-0.2, -0.15) is 0 Å². The van der Waals surface area contributed by atoms with Gasteiger partial charge in [0.25, 0.3) is 0 Å². The number of hydrogen-bond donors (Lipinski definition) is 3. The van der Waals surface area contributed by atoms with E-state index >= 15 is 0 Å². The van der Waals surface area contributed by atoms with Crippen LogP contribution in [0.4, 0.5) is 15.8 Å². The summed E-state index contributed by atoms with van der Waals surface area (Å²) in [6.07, 6.45) is 4.81. The lowest BCUT2D eigenvalue weighted by Crippen LogP contribution is -2.24. The van der Waals surface area contributed by atoms with Gasteiger partial charge in [-0.05, 0) is 37.8 Å². The van der Waals surface area contributed by atoms with Crippen LogP contribution in [0, 0.1) is 11.7 Å². The summed E-state index contributed by atoms with van der Waals surface area (Å²) in [5, 5.41) is 12.0. The van der Waals surface area contributed by atoms with E-state index in [1.54, 1.807) is 0 Å². The Morgan fingerprint density at radius 2 is 2.11 bits per heavy atom. The predicted molar refractivity (Wildman–Crippen MR) is 72.8 cm³/mol. The molecule has 1 unspecified atom stereocenters. The molecule has 0 bridgehead atoms. The van der Waals surface area contributed by atoms with Gasteiger partial charge in [-0.25, -0.2) is 9.18 Å². The Morgan fingerprint density at radius 1 is 1.47 bits per heavy atom. The minimum Gasteiger partial charge on any atom is -0.478 e. The second-order valence-corrected chi connectivity index (χ2v) is 5.20. The van der Waals surface area contributed by atoms with Crippen LogP contribution in [0.5, 0.6) is 0 Å². The molecule has 1 atom stereocenters. The van der Waals surface area contributed by atoms with Gasteiger partial charge in [-0.15, -0.1) is 0 Å². The molecular formula is C14H19FN2O2. The van der Waals surface area contributed by atoms with Crippen LogP contribution < -0.4 is 11.1 Å². The molecule has 0 saturated heterocycles. The van der Waals surface area contributed by atoms with E-state index in [1.165, 1.54) is 37.8 Å². The average molecular weight is 266 g/mol. The minimum atomic E-state index is -1.31. The summed E-state index contributed by atoms with van der Waals surface area (Å²) in [4.78, 5) is 10.8. The van der Waals surface area contributed by atoms with E-state index in [0.29, 0.717) is 11.6 Å². The molecule has 0 aliphatic heterocycles. The highest BCUT2D eigenvalue weighted by Gasteiger charge is 2.22. The smallest absolute Gasteiger partial charge is 0.338 e.